The largest absolute Gasteiger partial charge is 0.329 e. The van der Waals surface area contributed by atoms with Crippen LogP contribution in [0.2, 0.25) is 0 Å². The average molecular weight is 385 g/mol. The second-order valence-electron chi connectivity index (χ2n) is 6.33. The maximum atomic E-state index is 13.1. The van der Waals surface area contributed by atoms with Crippen LogP contribution in [-0.4, -0.2) is 50.6 Å². The van der Waals surface area contributed by atoms with E-state index in [4.69, 9.17) is 0 Å². The number of hydrogen-bond acceptors (Lipinski definition) is 5. The Labute approximate surface area is 163 Å². The minimum Gasteiger partial charge on any atom is -0.329 e. The molecule has 1 aromatic carbocycles. The summed E-state index contributed by atoms with van der Waals surface area (Å²) in [5.41, 5.74) is 2.59. The number of benzene rings is 1. The Morgan fingerprint density at radius 3 is 2.70 bits per heavy atom. The van der Waals surface area contributed by atoms with Gasteiger partial charge < -0.3 is 10.2 Å². The molecule has 3 heterocycles. The molecule has 4 rings (SSSR count). The molecule has 1 amide bonds. The SMILES string of the molecule is Cc1nc(-c2ccc(C(=O)N3CCNCC3c3cccnc3)cc2)n[nH]1.Cl. The lowest BCUT2D eigenvalue weighted by Crippen LogP contribution is -2.48. The standard InChI is InChI=1S/C19H20N6O.ClH/c1-13-22-18(24-23-13)14-4-6-15(7-5-14)19(26)25-10-9-21-12-17(25)16-3-2-8-20-11-16;/h2-8,11,17,21H,9-10,12H2,1H3,(H,22,23,24);1H. The van der Waals surface area contributed by atoms with E-state index in [0.29, 0.717) is 17.9 Å². The molecule has 27 heavy (non-hydrogen) atoms. The number of hydrogen-bond donors (Lipinski definition) is 2. The normalized spacial score (nSPS) is 16.6. The Hall–Kier alpha value is -2.77. The molecular formula is C19H21ClN6O. The van der Waals surface area contributed by atoms with Gasteiger partial charge in [-0.15, -0.1) is 12.4 Å². The second kappa shape index (κ2) is 8.28. The quantitative estimate of drug-likeness (QED) is 0.724. The number of rotatable bonds is 3. The molecule has 7 nitrogen and oxygen atoms in total. The first-order valence-electron chi connectivity index (χ1n) is 8.63. The zero-order valence-corrected chi connectivity index (χ0v) is 15.7. The number of carbonyl (C=O) groups is 1. The van der Waals surface area contributed by atoms with E-state index in [1.165, 1.54) is 0 Å². The smallest absolute Gasteiger partial charge is 0.254 e. The van der Waals surface area contributed by atoms with E-state index in [1.807, 2.05) is 54.4 Å². The summed E-state index contributed by atoms with van der Waals surface area (Å²) in [6, 6.07) is 11.4. The van der Waals surface area contributed by atoms with Crippen molar-refractivity contribution in [1.82, 2.24) is 30.4 Å². The summed E-state index contributed by atoms with van der Waals surface area (Å²) in [6.07, 6.45) is 3.57. The van der Waals surface area contributed by atoms with Gasteiger partial charge in [-0.1, -0.05) is 18.2 Å². The highest BCUT2D eigenvalue weighted by atomic mass is 35.5. The number of nitrogens with zero attached hydrogens (tertiary/aromatic N) is 4. The topological polar surface area (TPSA) is 86.8 Å². The number of carbonyl (C=O) groups excluding carboxylic acids is 1. The van der Waals surface area contributed by atoms with Crippen LogP contribution in [0.15, 0.2) is 48.8 Å². The Morgan fingerprint density at radius 1 is 1.22 bits per heavy atom. The number of pyridine rings is 1. The number of aryl methyl sites for hydroxylation is 1. The Balaban J connectivity index is 0.00000210. The van der Waals surface area contributed by atoms with Crippen molar-refractivity contribution in [2.75, 3.05) is 19.6 Å². The molecule has 0 spiro atoms. The third-order valence-corrected chi connectivity index (χ3v) is 4.56. The molecular weight excluding hydrogens is 364 g/mol. The van der Waals surface area contributed by atoms with Crippen LogP contribution in [0.25, 0.3) is 11.4 Å². The maximum absolute atomic E-state index is 13.1. The molecule has 1 saturated heterocycles. The molecule has 0 saturated carbocycles. The summed E-state index contributed by atoms with van der Waals surface area (Å²) in [6.45, 7) is 4.04. The van der Waals surface area contributed by atoms with Crippen LogP contribution < -0.4 is 5.32 Å². The Bertz CT molecular complexity index is 896. The summed E-state index contributed by atoms with van der Waals surface area (Å²) in [5, 5.41) is 10.3. The molecule has 2 N–H and O–H groups in total. The van der Waals surface area contributed by atoms with Gasteiger partial charge in [0.05, 0.1) is 6.04 Å². The first kappa shape index (κ1) is 19.0. The van der Waals surface area contributed by atoms with Crippen LogP contribution >= 0.6 is 12.4 Å². The lowest BCUT2D eigenvalue weighted by atomic mass is 10.0. The van der Waals surface area contributed by atoms with Crippen LogP contribution in [0, 0.1) is 6.92 Å². The lowest BCUT2D eigenvalue weighted by Gasteiger charge is -2.36. The third kappa shape index (κ3) is 3.99. The fourth-order valence-electron chi connectivity index (χ4n) is 3.22. The van der Waals surface area contributed by atoms with Crippen molar-refractivity contribution in [2.45, 2.75) is 13.0 Å². The lowest BCUT2D eigenvalue weighted by molar-refractivity contribution is 0.0634. The molecule has 1 atom stereocenters. The van der Waals surface area contributed by atoms with Crippen molar-refractivity contribution in [3.63, 3.8) is 0 Å². The first-order chi connectivity index (χ1) is 12.7. The second-order valence-corrected chi connectivity index (χ2v) is 6.33. The van der Waals surface area contributed by atoms with Crippen LogP contribution in [0.5, 0.6) is 0 Å². The zero-order valence-electron chi connectivity index (χ0n) is 14.9. The minimum atomic E-state index is -0.0136. The Morgan fingerprint density at radius 2 is 2.04 bits per heavy atom. The molecule has 1 unspecified atom stereocenters. The average Bonchev–Trinajstić information content (AvgIpc) is 3.14. The third-order valence-electron chi connectivity index (χ3n) is 4.56. The van der Waals surface area contributed by atoms with Crippen LogP contribution in [-0.2, 0) is 0 Å². The summed E-state index contributed by atoms with van der Waals surface area (Å²) >= 11 is 0. The number of halogens is 1. The Kier molecular flexibility index (Phi) is 5.83. The number of piperazine rings is 1. The van der Waals surface area contributed by atoms with Crippen LogP contribution in [0.4, 0.5) is 0 Å². The molecule has 0 aliphatic carbocycles. The van der Waals surface area contributed by atoms with Gasteiger partial charge in [0, 0.05) is 43.2 Å². The van der Waals surface area contributed by atoms with Crippen molar-refractivity contribution >= 4 is 18.3 Å². The predicted molar refractivity (Wildman–Crippen MR) is 105 cm³/mol. The fraction of sp³-hybridized carbons (Fsp3) is 0.263. The van der Waals surface area contributed by atoms with Gasteiger partial charge in [-0.2, -0.15) is 5.10 Å². The van der Waals surface area contributed by atoms with E-state index in [2.05, 4.69) is 25.5 Å². The van der Waals surface area contributed by atoms with E-state index in [9.17, 15) is 4.79 Å². The molecule has 0 radical (unpaired) electrons. The van der Waals surface area contributed by atoms with Crippen molar-refractivity contribution < 1.29 is 4.79 Å². The van der Waals surface area contributed by atoms with Crippen LogP contribution in [0.1, 0.15) is 27.8 Å². The van der Waals surface area contributed by atoms with Gasteiger partial charge in [0.15, 0.2) is 5.82 Å². The van der Waals surface area contributed by atoms with Gasteiger partial charge in [0.25, 0.3) is 5.91 Å². The fourth-order valence-corrected chi connectivity index (χ4v) is 3.22. The highest BCUT2D eigenvalue weighted by molar-refractivity contribution is 5.95. The highest BCUT2D eigenvalue weighted by Gasteiger charge is 2.28. The molecule has 8 heteroatoms. The van der Waals surface area contributed by atoms with Crippen LogP contribution in [0.3, 0.4) is 0 Å². The number of amides is 1. The van der Waals surface area contributed by atoms with Gasteiger partial charge in [-0.25, -0.2) is 4.98 Å². The van der Waals surface area contributed by atoms with Gasteiger partial charge >= 0.3 is 0 Å². The van der Waals surface area contributed by atoms with Crippen molar-refractivity contribution in [3.8, 4) is 11.4 Å². The number of aromatic nitrogens is 4. The van der Waals surface area contributed by atoms with Gasteiger partial charge in [0.1, 0.15) is 5.82 Å². The van der Waals surface area contributed by atoms with Gasteiger partial charge in [0.2, 0.25) is 0 Å². The number of aromatic amines is 1. The van der Waals surface area contributed by atoms with Gasteiger partial charge in [-0.05, 0) is 30.7 Å². The zero-order chi connectivity index (χ0) is 17.9. The minimum absolute atomic E-state index is 0. The monoisotopic (exact) mass is 384 g/mol. The van der Waals surface area contributed by atoms with E-state index in [-0.39, 0.29) is 24.4 Å². The number of nitrogens with one attached hydrogen (secondary N) is 2. The summed E-state index contributed by atoms with van der Waals surface area (Å²) in [7, 11) is 0. The highest BCUT2D eigenvalue weighted by Crippen LogP contribution is 2.24. The van der Waals surface area contributed by atoms with E-state index >= 15 is 0 Å². The van der Waals surface area contributed by atoms with Crippen molar-refractivity contribution in [2.24, 2.45) is 0 Å². The molecule has 2 aromatic heterocycles. The molecule has 3 aromatic rings. The first-order valence-corrected chi connectivity index (χ1v) is 8.63. The van der Waals surface area contributed by atoms with Crippen molar-refractivity contribution in [3.05, 3.63) is 65.7 Å². The summed E-state index contributed by atoms with van der Waals surface area (Å²) in [5.74, 6) is 1.43. The maximum Gasteiger partial charge on any atom is 0.254 e. The van der Waals surface area contributed by atoms with E-state index in [1.54, 1.807) is 6.20 Å². The predicted octanol–water partition coefficient (Wildman–Crippen LogP) is 2.38. The summed E-state index contributed by atoms with van der Waals surface area (Å²) in [4.78, 5) is 23.5. The molecule has 1 aliphatic heterocycles. The molecule has 1 aliphatic rings. The van der Waals surface area contributed by atoms with Gasteiger partial charge in [-0.3, -0.25) is 14.9 Å². The number of H-pyrrole nitrogens is 1. The molecule has 0 bridgehead atoms. The molecule has 140 valence electrons. The summed E-state index contributed by atoms with van der Waals surface area (Å²) < 4.78 is 0. The van der Waals surface area contributed by atoms with Crippen molar-refractivity contribution in [1.29, 1.82) is 0 Å². The molecule has 1 fully saturated rings. The van der Waals surface area contributed by atoms with E-state index < -0.39 is 0 Å². The van der Waals surface area contributed by atoms with E-state index in [0.717, 1.165) is 30.0 Å².